The predicted molar refractivity (Wildman–Crippen MR) is 84.8 cm³/mol. The zero-order valence-corrected chi connectivity index (χ0v) is 12.5. The quantitative estimate of drug-likeness (QED) is 0.621. The van der Waals surface area contributed by atoms with Gasteiger partial charge in [0, 0.05) is 0 Å². The molecule has 106 valence electrons. The SMILES string of the molecule is C=CC[C@@]12CCC[C@H]1[C@@H]1CCc3ccccc3[C@H]1CC2. The van der Waals surface area contributed by atoms with Crippen LogP contribution in [0.4, 0.5) is 0 Å². The summed E-state index contributed by atoms with van der Waals surface area (Å²) in [7, 11) is 0. The first-order valence-corrected chi connectivity index (χ1v) is 8.53. The Hall–Kier alpha value is -1.04. The fraction of sp³-hybridized carbons (Fsp3) is 0.600. The van der Waals surface area contributed by atoms with Crippen LogP contribution >= 0.6 is 0 Å². The van der Waals surface area contributed by atoms with Crippen LogP contribution in [-0.2, 0) is 6.42 Å². The molecular formula is C20H26. The van der Waals surface area contributed by atoms with Gasteiger partial charge in [-0.1, -0.05) is 36.8 Å². The van der Waals surface area contributed by atoms with E-state index in [-0.39, 0.29) is 0 Å². The molecule has 0 amide bonds. The normalized spacial score (nSPS) is 38.7. The second kappa shape index (κ2) is 4.76. The summed E-state index contributed by atoms with van der Waals surface area (Å²) < 4.78 is 0. The molecule has 0 aromatic heterocycles. The monoisotopic (exact) mass is 266 g/mol. The summed E-state index contributed by atoms with van der Waals surface area (Å²) in [6, 6.07) is 9.26. The van der Waals surface area contributed by atoms with Gasteiger partial charge in [-0.15, -0.1) is 6.58 Å². The molecule has 4 rings (SSSR count). The molecule has 0 radical (unpaired) electrons. The molecular weight excluding hydrogens is 240 g/mol. The van der Waals surface area contributed by atoms with E-state index in [9.17, 15) is 0 Å². The minimum absolute atomic E-state index is 0.634. The van der Waals surface area contributed by atoms with Gasteiger partial charge < -0.3 is 0 Å². The van der Waals surface area contributed by atoms with Gasteiger partial charge in [0.25, 0.3) is 0 Å². The third-order valence-corrected chi connectivity index (χ3v) is 6.72. The van der Waals surface area contributed by atoms with Gasteiger partial charge in [0.2, 0.25) is 0 Å². The van der Waals surface area contributed by atoms with E-state index in [4.69, 9.17) is 0 Å². The van der Waals surface area contributed by atoms with E-state index in [2.05, 4.69) is 36.9 Å². The van der Waals surface area contributed by atoms with E-state index in [1.165, 1.54) is 51.4 Å². The Balaban J connectivity index is 1.69. The fourth-order valence-electron chi connectivity index (χ4n) is 5.96. The summed E-state index contributed by atoms with van der Waals surface area (Å²) >= 11 is 0. The van der Waals surface area contributed by atoms with Crippen LogP contribution in [0, 0.1) is 17.3 Å². The number of aryl methyl sites for hydroxylation is 1. The minimum atomic E-state index is 0.634. The lowest BCUT2D eigenvalue weighted by molar-refractivity contribution is 0.0466. The third-order valence-electron chi connectivity index (χ3n) is 6.72. The Labute approximate surface area is 123 Å². The van der Waals surface area contributed by atoms with Gasteiger partial charge in [-0.3, -0.25) is 0 Å². The van der Waals surface area contributed by atoms with Crippen LogP contribution in [0.5, 0.6) is 0 Å². The van der Waals surface area contributed by atoms with Crippen molar-refractivity contribution in [2.24, 2.45) is 17.3 Å². The van der Waals surface area contributed by atoms with Crippen LogP contribution in [0.2, 0.25) is 0 Å². The van der Waals surface area contributed by atoms with Gasteiger partial charge in [-0.05, 0) is 79.2 Å². The first kappa shape index (κ1) is 12.7. The standard InChI is InChI=1S/C20H26/c1-2-12-20-13-5-8-19(20)18-10-9-15-6-3-4-7-16(15)17(18)11-14-20/h2-4,6-7,17-19H,1,5,8-14H2/t17-,18-,19+,20+/m1/s1. The maximum absolute atomic E-state index is 4.05. The first-order valence-electron chi connectivity index (χ1n) is 8.53. The lowest BCUT2D eigenvalue weighted by Crippen LogP contribution is -2.41. The lowest BCUT2D eigenvalue weighted by Gasteiger charge is -2.50. The molecule has 0 spiro atoms. The number of hydrogen-bond donors (Lipinski definition) is 0. The summed E-state index contributed by atoms with van der Waals surface area (Å²) in [6.07, 6.45) is 13.5. The highest BCUT2D eigenvalue weighted by Gasteiger charge is 2.51. The highest BCUT2D eigenvalue weighted by atomic mass is 14.6. The molecule has 0 nitrogen and oxygen atoms in total. The molecule has 3 aliphatic carbocycles. The van der Waals surface area contributed by atoms with E-state index in [0.29, 0.717) is 5.41 Å². The maximum atomic E-state index is 4.05. The van der Waals surface area contributed by atoms with Crippen LogP contribution < -0.4 is 0 Å². The van der Waals surface area contributed by atoms with Gasteiger partial charge in [0.15, 0.2) is 0 Å². The van der Waals surface area contributed by atoms with Crippen molar-refractivity contribution in [3.63, 3.8) is 0 Å². The van der Waals surface area contributed by atoms with Crippen molar-refractivity contribution < 1.29 is 0 Å². The average molecular weight is 266 g/mol. The van der Waals surface area contributed by atoms with E-state index >= 15 is 0 Å². The van der Waals surface area contributed by atoms with Crippen LogP contribution in [-0.4, -0.2) is 0 Å². The molecule has 0 heteroatoms. The molecule has 0 N–H and O–H groups in total. The number of rotatable bonds is 2. The largest absolute Gasteiger partial charge is 0.103 e. The topological polar surface area (TPSA) is 0 Å². The third kappa shape index (κ3) is 1.73. The Morgan fingerprint density at radius 1 is 1.15 bits per heavy atom. The smallest absolute Gasteiger partial charge is 0.0128 e. The summed E-state index contributed by atoms with van der Waals surface area (Å²) in [5.41, 5.74) is 3.97. The highest BCUT2D eigenvalue weighted by molar-refractivity contribution is 5.34. The fourth-order valence-corrected chi connectivity index (χ4v) is 5.96. The molecule has 0 unspecified atom stereocenters. The second-order valence-corrected chi connectivity index (χ2v) is 7.40. The number of allylic oxidation sites excluding steroid dienone is 1. The van der Waals surface area contributed by atoms with Crippen molar-refractivity contribution >= 4 is 0 Å². The van der Waals surface area contributed by atoms with Gasteiger partial charge in [0.1, 0.15) is 0 Å². The lowest BCUT2D eigenvalue weighted by atomic mass is 9.54. The molecule has 20 heavy (non-hydrogen) atoms. The minimum Gasteiger partial charge on any atom is -0.103 e. The van der Waals surface area contributed by atoms with Crippen molar-refractivity contribution in [1.82, 2.24) is 0 Å². The zero-order chi connectivity index (χ0) is 13.6. The Bertz CT molecular complexity index is 515. The van der Waals surface area contributed by atoms with Crippen LogP contribution in [0.25, 0.3) is 0 Å². The molecule has 1 aromatic rings. The van der Waals surface area contributed by atoms with Crippen LogP contribution in [0.3, 0.4) is 0 Å². The Morgan fingerprint density at radius 2 is 2.05 bits per heavy atom. The van der Waals surface area contributed by atoms with Crippen molar-refractivity contribution in [3.8, 4) is 0 Å². The number of hydrogen-bond acceptors (Lipinski definition) is 0. The van der Waals surface area contributed by atoms with Crippen molar-refractivity contribution in [2.45, 2.75) is 57.3 Å². The molecule has 2 saturated carbocycles. The maximum Gasteiger partial charge on any atom is -0.0128 e. The average Bonchev–Trinajstić information content (AvgIpc) is 2.91. The van der Waals surface area contributed by atoms with Gasteiger partial charge >= 0.3 is 0 Å². The Morgan fingerprint density at radius 3 is 2.95 bits per heavy atom. The molecule has 4 atom stereocenters. The molecule has 0 aliphatic heterocycles. The van der Waals surface area contributed by atoms with Crippen LogP contribution in [0.1, 0.15) is 62.0 Å². The highest BCUT2D eigenvalue weighted by Crippen LogP contribution is 2.62. The predicted octanol–water partition coefficient (Wildman–Crippen LogP) is 5.49. The number of benzene rings is 1. The molecule has 3 aliphatic rings. The Kier molecular flexibility index (Phi) is 3.02. The molecule has 0 bridgehead atoms. The van der Waals surface area contributed by atoms with E-state index in [0.717, 1.165) is 17.8 Å². The summed E-state index contributed by atoms with van der Waals surface area (Å²) in [6.45, 7) is 4.05. The number of fused-ring (bicyclic) bond motifs is 5. The summed E-state index contributed by atoms with van der Waals surface area (Å²) in [5, 5.41) is 0. The molecule has 0 heterocycles. The van der Waals surface area contributed by atoms with Crippen molar-refractivity contribution in [2.75, 3.05) is 0 Å². The zero-order valence-electron chi connectivity index (χ0n) is 12.5. The van der Waals surface area contributed by atoms with E-state index in [1.807, 2.05) is 0 Å². The van der Waals surface area contributed by atoms with E-state index in [1.54, 1.807) is 11.1 Å². The summed E-state index contributed by atoms with van der Waals surface area (Å²) in [4.78, 5) is 0. The van der Waals surface area contributed by atoms with Gasteiger partial charge in [-0.2, -0.15) is 0 Å². The summed E-state index contributed by atoms with van der Waals surface area (Å²) in [5.74, 6) is 2.80. The first-order chi connectivity index (χ1) is 9.84. The van der Waals surface area contributed by atoms with Crippen LogP contribution in [0.15, 0.2) is 36.9 Å². The van der Waals surface area contributed by atoms with Gasteiger partial charge in [-0.25, -0.2) is 0 Å². The van der Waals surface area contributed by atoms with E-state index < -0.39 is 0 Å². The van der Waals surface area contributed by atoms with Gasteiger partial charge in [0.05, 0.1) is 0 Å². The molecule has 1 aromatic carbocycles. The van der Waals surface area contributed by atoms with Crippen molar-refractivity contribution in [3.05, 3.63) is 48.0 Å². The second-order valence-electron chi connectivity index (χ2n) is 7.40. The molecule has 2 fully saturated rings. The molecule has 0 saturated heterocycles. The van der Waals surface area contributed by atoms with Crippen molar-refractivity contribution in [1.29, 1.82) is 0 Å².